The molecular weight excluding hydrogens is 414 g/mol. The van der Waals surface area contributed by atoms with Crippen LogP contribution in [0.2, 0.25) is 0 Å². The molecule has 8 heteroatoms. The number of anilines is 2. The highest BCUT2D eigenvalue weighted by atomic mass is 16.2. The Morgan fingerprint density at radius 2 is 1.88 bits per heavy atom. The Morgan fingerprint density at radius 3 is 2.55 bits per heavy atom. The molecule has 1 saturated carbocycles. The fourth-order valence-corrected chi connectivity index (χ4v) is 4.26. The summed E-state index contributed by atoms with van der Waals surface area (Å²) in [7, 11) is 1.78. The Morgan fingerprint density at radius 1 is 1.15 bits per heavy atom. The van der Waals surface area contributed by atoms with Gasteiger partial charge in [0.2, 0.25) is 11.9 Å². The predicted molar refractivity (Wildman–Crippen MR) is 128 cm³/mol. The van der Waals surface area contributed by atoms with Crippen LogP contribution in [0.15, 0.2) is 54.9 Å². The van der Waals surface area contributed by atoms with E-state index in [0.29, 0.717) is 23.9 Å². The molecule has 0 saturated heterocycles. The quantitative estimate of drug-likeness (QED) is 0.488. The summed E-state index contributed by atoms with van der Waals surface area (Å²) in [5, 5.41) is 18.5. The maximum atomic E-state index is 13.3. The fourth-order valence-electron chi connectivity index (χ4n) is 4.26. The van der Waals surface area contributed by atoms with Gasteiger partial charge in [-0.15, -0.1) is 0 Å². The topological polar surface area (TPSA) is 108 Å². The zero-order valence-electron chi connectivity index (χ0n) is 18.8. The van der Waals surface area contributed by atoms with Crippen molar-refractivity contribution in [1.82, 2.24) is 19.9 Å². The molecule has 0 radical (unpaired) electrons. The number of carbonyl (C=O) groups excluding carboxylic acids is 1. The molecule has 33 heavy (non-hydrogen) atoms. The van der Waals surface area contributed by atoms with Crippen molar-refractivity contribution in [3.8, 4) is 11.9 Å². The summed E-state index contributed by atoms with van der Waals surface area (Å²) in [5.41, 5.74) is 1.56. The van der Waals surface area contributed by atoms with Crippen LogP contribution in [0, 0.1) is 17.2 Å². The van der Waals surface area contributed by atoms with Crippen molar-refractivity contribution in [2.24, 2.45) is 5.92 Å². The molecule has 0 bridgehead atoms. The van der Waals surface area contributed by atoms with E-state index in [1.807, 2.05) is 47.3 Å². The zero-order chi connectivity index (χ0) is 23.0. The van der Waals surface area contributed by atoms with Crippen molar-refractivity contribution in [1.29, 1.82) is 5.26 Å². The van der Waals surface area contributed by atoms with Gasteiger partial charge in [-0.1, -0.05) is 31.4 Å². The number of aromatic nitrogens is 3. The largest absolute Gasteiger partial charge is 0.358 e. The number of hydrogen-bond acceptors (Lipinski definition) is 6. The lowest BCUT2D eigenvalue weighted by Crippen LogP contribution is -2.45. The van der Waals surface area contributed by atoms with Crippen LogP contribution in [0.3, 0.4) is 0 Å². The highest BCUT2D eigenvalue weighted by Crippen LogP contribution is 2.29. The second-order valence-electron chi connectivity index (χ2n) is 8.32. The first-order chi connectivity index (χ1) is 16.2. The summed E-state index contributed by atoms with van der Waals surface area (Å²) in [5.74, 6) is 2.02. The molecule has 1 fully saturated rings. The molecule has 8 nitrogen and oxygen atoms in total. The van der Waals surface area contributed by atoms with Gasteiger partial charge in [0.05, 0.1) is 11.6 Å². The molecule has 0 aliphatic heterocycles. The van der Waals surface area contributed by atoms with Crippen molar-refractivity contribution < 1.29 is 4.79 Å². The van der Waals surface area contributed by atoms with Gasteiger partial charge in [-0.3, -0.25) is 4.79 Å². The molecular formula is C25H29N7O. The summed E-state index contributed by atoms with van der Waals surface area (Å²) in [4.78, 5) is 22.4. The molecule has 1 aromatic carbocycles. The number of benzene rings is 1. The zero-order valence-corrected chi connectivity index (χ0v) is 18.8. The summed E-state index contributed by atoms with van der Waals surface area (Å²) in [6, 6.07) is 14.7. The first-order valence-electron chi connectivity index (χ1n) is 11.4. The molecule has 3 aromatic rings. The molecule has 1 atom stereocenters. The van der Waals surface area contributed by atoms with Gasteiger partial charge >= 0.3 is 0 Å². The van der Waals surface area contributed by atoms with Crippen molar-refractivity contribution in [2.75, 3.05) is 17.7 Å². The third kappa shape index (κ3) is 5.69. The van der Waals surface area contributed by atoms with E-state index in [0.717, 1.165) is 37.1 Å². The van der Waals surface area contributed by atoms with Crippen molar-refractivity contribution >= 4 is 17.7 Å². The van der Waals surface area contributed by atoms with Crippen LogP contribution in [0.1, 0.15) is 43.2 Å². The Bertz CT molecular complexity index is 1100. The Balaban J connectivity index is 1.53. The van der Waals surface area contributed by atoms with Crippen LogP contribution in [-0.2, 0) is 11.3 Å². The summed E-state index contributed by atoms with van der Waals surface area (Å²) >= 11 is 0. The Labute approximate surface area is 194 Å². The highest BCUT2D eigenvalue weighted by molar-refractivity contribution is 5.84. The van der Waals surface area contributed by atoms with Crippen molar-refractivity contribution in [2.45, 2.75) is 44.7 Å². The van der Waals surface area contributed by atoms with E-state index in [-0.39, 0.29) is 17.9 Å². The van der Waals surface area contributed by atoms with Gasteiger partial charge in [0, 0.05) is 32.1 Å². The van der Waals surface area contributed by atoms with Crippen LogP contribution < -0.4 is 16.0 Å². The van der Waals surface area contributed by atoms with E-state index < -0.39 is 0 Å². The molecule has 2 aromatic heterocycles. The van der Waals surface area contributed by atoms with Gasteiger partial charge in [0.1, 0.15) is 17.7 Å². The summed E-state index contributed by atoms with van der Waals surface area (Å²) in [6.45, 7) is 0.412. The number of carbonyl (C=O) groups is 1. The predicted octanol–water partition coefficient (Wildman–Crippen LogP) is 3.86. The van der Waals surface area contributed by atoms with Gasteiger partial charge in [0.15, 0.2) is 0 Å². The normalized spacial score (nSPS) is 14.8. The first-order valence-corrected chi connectivity index (χ1v) is 11.4. The van der Waals surface area contributed by atoms with E-state index in [4.69, 9.17) is 5.26 Å². The van der Waals surface area contributed by atoms with E-state index in [1.54, 1.807) is 19.2 Å². The molecule has 0 unspecified atom stereocenters. The molecule has 0 spiro atoms. The minimum absolute atomic E-state index is 0.0432. The molecule has 170 valence electrons. The SMILES string of the molecule is CNc1nc(N[C@@H](C(=O)NCc2ccc(C#N)cc2)C2CCCCC2)cc(-n2cccc2)n1. The third-order valence-electron chi connectivity index (χ3n) is 6.06. The van der Waals surface area contributed by atoms with Gasteiger partial charge in [-0.25, -0.2) is 0 Å². The molecule has 1 aliphatic rings. The van der Waals surface area contributed by atoms with E-state index in [1.165, 1.54) is 6.42 Å². The lowest BCUT2D eigenvalue weighted by molar-refractivity contribution is -0.123. The van der Waals surface area contributed by atoms with Gasteiger partial charge < -0.3 is 20.5 Å². The van der Waals surface area contributed by atoms with E-state index >= 15 is 0 Å². The second-order valence-corrected chi connectivity index (χ2v) is 8.32. The van der Waals surface area contributed by atoms with Gasteiger partial charge in [0.25, 0.3) is 0 Å². The van der Waals surface area contributed by atoms with E-state index in [9.17, 15) is 4.79 Å². The number of nitriles is 1. The average molecular weight is 444 g/mol. The van der Waals surface area contributed by atoms with Crippen LogP contribution in [0.5, 0.6) is 0 Å². The Hall–Kier alpha value is -3.86. The van der Waals surface area contributed by atoms with Crippen LogP contribution >= 0.6 is 0 Å². The van der Waals surface area contributed by atoms with Crippen LogP contribution in [0.4, 0.5) is 11.8 Å². The number of nitrogens with one attached hydrogen (secondary N) is 3. The lowest BCUT2D eigenvalue weighted by Gasteiger charge is -2.30. The maximum absolute atomic E-state index is 13.3. The average Bonchev–Trinajstić information content (AvgIpc) is 3.42. The minimum atomic E-state index is -0.388. The van der Waals surface area contributed by atoms with Crippen molar-refractivity contribution in [3.63, 3.8) is 0 Å². The highest BCUT2D eigenvalue weighted by Gasteiger charge is 2.30. The number of rotatable bonds is 8. The maximum Gasteiger partial charge on any atom is 0.243 e. The number of nitrogens with zero attached hydrogens (tertiary/aromatic N) is 4. The molecule has 1 amide bonds. The Kier molecular flexibility index (Phi) is 7.20. The smallest absolute Gasteiger partial charge is 0.243 e. The third-order valence-corrected chi connectivity index (χ3v) is 6.06. The summed E-state index contributed by atoms with van der Waals surface area (Å²) < 4.78 is 1.91. The molecule has 3 N–H and O–H groups in total. The number of hydrogen-bond donors (Lipinski definition) is 3. The van der Waals surface area contributed by atoms with Gasteiger partial charge in [-0.05, 0) is 48.6 Å². The molecule has 2 heterocycles. The lowest BCUT2D eigenvalue weighted by atomic mass is 9.83. The van der Waals surface area contributed by atoms with Crippen LogP contribution in [0.25, 0.3) is 5.82 Å². The monoisotopic (exact) mass is 443 g/mol. The number of amides is 1. The standard InChI is InChI=1S/C25H29N7O/c1-27-25-30-21(15-22(31-25)32-13-5-6-14-32)29-23(20-7-3-2-4-8-20)24(33)28-17-19-11-9-18(16-26)10-12-19/h5-6,9-15,20,23H,2-4,7-8,17H2,1H3,(H,28,33)(H2,27,29,30,31)/t23-/m1/s1. The van der Waals surface area contributed by atoms with Crippen LogP contribution in [-0.4, -0.2) is 33.5 Å². The molecule has 1 aliphatic carbocycles. The molecule has 4 rings (SSSR count). The second kappa shape index (κ2) is 10.6. The first kappa shape index (κ1) is 22.3. The van der Waals surface area contributed by atoms with Gasteiger partial charge in [-0.2, -0.15) is 15.2 Å². The minimum Gasteiger partial charge on any atom is -0.358 e. The fraction of sp³-hybridized carbons (Fsp3) is 0.360. The summed E-state index contributed by atoms with van der Waals surface area (Å²) in [6.07, 6.45) is 9.35. The van der Waals surface area contributed by atoms with Crippen molar-refractivity contribution in [3.05, 3.63) is 66.0 Å². The van der Waals surface area contributed by atoms with E-state index in [2.05, 4.69) is 32.0 Å².